The minimum absolute atomic E-state index is 0.145. The molecule has 1 atom stereocenters. The number of hydrogen-bond acceptors (Lipinski definition) is 6. The van der Waals surface area contributed by atoms with Gasteiger partial charge in [0.1, 0.15) is 10.1 Å². The largest absolute Gasteiger partial charge is 0.508 e. The first-order chi connectivity index (χ1) is 13.0. The summed E-state index contributed by atoms with van der Waals surface area (Å²) in [6, 6.07) is 14.5. The molecule has 0 saturated carbocycles. The Morgan fingerprint density at radius 2 is 1.89 bits per heavy atom. The first-order valence-corrected chi connectivity index (χ1v) is 9.51. The normalized spacial score (nSPS) is 16.6. The van der Waals surface area contributed by atoms with E-state index in [0.29, 0.717) is 14.8 Å². The van der Waals surface area contributed by atoms with Crippen LogP contribution in [0.15, 0.2) is 59.5 Å². The highest BCUT2D eigenvalue weighted by Crippen LogP contribution is 2.38. The summed E-state index contributed by atoms with van der Waals surface area (Å²) in [5.41, 5.74) is 1.39. The van der Waals surface area contributed by atoms with Gasteiger partial charge in [0, 0.05) is 0 Å². The van der Waals surface area contributed by atoms with Crippen LogP contribution in [0.2, 0.25) is 0 Å². The molecular formula is C20H17NO4S2. The summed E-state index contributed by atoms with van der Waals surface area (Å²) in [6.45, 7) is 1.93. The second kappa shape index (κ2) is 8.37. The molecule has 0 spiro atoms. The fraction of sp³-hybridized carbons (Fsp3) is 0.150. The Morgan fingerprint density at radius 1 is 1.22 bits per heavy atom. The Kier molecular flexibility index (Phi) is 5.93. The Hall–Kier alpha value is -2.64. The zero-order valence-electron chi connectivity index (χ0n) is 14.5. The number of benzene rings is 2. The van der Waals surface area contributed by atoms with Gasteiger partial charge in [-0.15, -0.1) is 0 Å². The average molecular weight is 399 g/mol. The molecule has 27 heavy (non-hydrogen) atoms. The van der Waals surface area contributed by atoms with Gasteiger partial charge >= 0.3 is 5.97 Å². The molecule has 1 aliphatic rings. The van der Waals surface area contributed by atoms with E-state index in [1.54, 1.807) is 49.4 Å². The van der Waals surface area contributed by atoms with Crippen LogP contribution in [0, 0.1) is 0 Å². The molecule has 1 heterocycles. The fourth-order valence-electron chi connectivity index (χ4n) is 2.67. The number of phenolic OH excluding ortho intramolecular Hbond substituents is 1. The monoisotopic (exact) mass is 399 g/mol. The lowest BCUT2D eigenvalue weighted by atomic mass is 10.1. The molecule has 1 amide bonds. The Bertz CT molecular complexity index is 894. The van der Waals surface area contributed by atoms with Gasteiger partial charge in [-0.1, -0.05) is 66.4 Å². The highest BCUT2D eigenvalue weighted by Gasteiger charge is 2.42. The van der Waals surface area contributed by atoms with Crippen LogP contribution in [-0.4, -0.2) is 32.8 Å². The molecule has 1 N–H and O–H groups in total. The summed E-state index contributed by atoms with van der Waals surface area (Å²) in [5.74, 6) is -0.725. The van der Waals surface area contributed by atoms with Crippen molar-refractivity contribution in [2.24, 2.45) is 0 Å². The lowest BCUT2D eigenvalue weighted by molar-refractivity contribution is -0.151. The third-order valence-electron chi connectivity index (χ3n) is 3.90. The number of phenols is 1. The van der Waals surface area contributed by atoms with Gasteiger partial charge in [-0.2, -0.15) is 0 Å². The predicted molar refractivity (Wildman–Crippen MR) is 109 cm³/mol. The molecule has 0 aromatic heterocycles. The summed E-state index contributed by atoms with van der Waals surface area (Å²) in [7, 11) is 0. The van der Waals surface area contributed by atoms with Gasteiger partial charge in [-0.3, -0.25) is 9.69 Å². The van der Waals surface area contributed by atoms with Crippen molar-refractivity contribution in [3.8, 4) is 5.75 Å². The standard InChI is InChI=1S/C20H17NO4S2/c1-2-25-19(24)17(14-6-4-3-5-7-14)21-18(23)16(27-20(21)26)12-13-8-10-15(22)11-9-13/h3-12,17,22H,2H2,1H3/b16-12+. The highest BCUT2D eigenvalue weighted by atomic mass is 32.2. The molecule has 1 saturated heterocycles. The van der Waals surface area contributed by atoms with Crippen LogP contribution < -0.4 is 0 Å². The SMILES string of the molecule is CCOC(=O)C(c1ccccc1)N1C(=O)/C(=C\c2ccc(O)cc2)SC1=S. The maximum absolute atomic E-state index is 13.0. The van der Waals surface area contributed by atoms with Crippen molar-refractivity contribution in [1.29, 1.82) is 0 Å². The maximum atomic E-state index is 13.0. The van der Waals surface area contributed by atoms with E-state index in [0.717, 1.165) is 17.3 Å². The molecule has 2 aromatic rings. The van der Waals surface area contributed by atoms with Crippen LogP contribution in [0.3, 0.4) is 0 Å². The van der Waals surface area contributed by atoms with Crippen LogP contribution in [0.5, 0.6) is 5.75 Å². The molecule has 7 heteroatoms. The van der Waals surface area contributed by atoms with Gasteiger partial charge in [-0.25, -0.2) is 4.79 Å². The third kappa shape index (κ3) is 4.20. The molecule has 3 rings (SSSR count). The fourth-order valence-corrected chi connectivity index (χ4v) is 3.98. The summed E-state index contributed by atoms with van der Waals surface area (Å²) in [6.07, 6.45) is 1.69. The number of esters is 1. The Balaban J connectivity index is 1.95. The van der Waals surface area contributed by atoms with Crippen LogP contribution in [-0.2, 0) is 14.3 Å². The van der Waals surface area contributed by atoms with E-state index in [-0.39, 0.29) is 18.3 Å². The number of amides is 1. The number of nitrogens with zero attached hydrogens (tertiary/aromatic N) is 1. The van der Waals surface area contributed by atoms with Gasteiger partial charge in [-0.05, 0) is 36.3 Å². The first-order valence-electron chi connectivity index (χ1n) is 8.29. The second-order valence-electron chi connectivity index (χ2n) is 5.71. The molecule has 1 aliphatic heterocycles. The molecule has 0 bridgehead atoms. The van der Waals surface area contributed by atoms with E-state index in [1.165, 1.54) is 17.0 Å². The van der Waals surface area contributed by atoms with E-state index in [2.05, 4.69) is 0 Å². The minimum atomic E-state index is -0.927. The van der Waals surface area contributed by atoms with Crippen molar-refractivity contribution in [3.05, 3.63) is 70.6 Å². The smallest absolute Gasteiger partial charge is 0.333 e. The molecule has 0 radical (unpaired) electrons. The van der Waals surface area contributed by atoms with E-state index in [9.17, 15) is 14.7 Å². The Morgan fingerprint density at radius 3 is 2.52 bits per heavy atom. The average Bonchev–Trinajstić information content (AvgIpc) is 2.93. The van der Waals surface area contributed by atoms with Gasteiger partial charge < -0.3 is 9.84 Å². The second-order valence-corrected chi connectivity index (χ2v) is 7.38. The minimum Gasteiger partial charge on any atom is -0.508 e. The number of ether oxygens (including phenoxy) is 1. The first kappa shape index (κ1) is 19.1. The number of carbonyl (C=O) groups is 2. The Labute approximate surface area is 166 Å². The zero-order valence-corrected chi connectivity index (χ0v) is 16.1. The van der Waals surface area contributed by atoms with Crippen molar-refractivity contribution in [1.82, 2.24) is 4.90 Å². The predicted octanol–water partition coefficient (Wildman–Crippen LogP) is 3.90. The van der Waals surface area contributed by atoms with Gasteiger partial charge in [0.25, 0.3) is 5.91 Å². The summed E-state index contributed by atoms with van der Waals surface area (Å²) < 4.78 is 5.48. The van der Waals surface area contributed by atoms with Crippen LogP contribution in [0.25, 0.3) is 6.08 Å². The van der Waals surface area contributed by atoms with E-state index < -0.39 is 12.0 Å². The van der Waals surface area contributed by atoms with Crippen LogP contribution in [0.4, 0.5) is 0 Å². The molecule has 0 aliphatic carbocycles. The van der Waals surface area contributed by atoms with Crippen molar-refractivity contribution in [3.63, 3.8) is 0 Å². The summed E-state index contributed by atoms with van der Waals surface area (Å²) in [4.78, 5) is 27.3. The summed E-state index contributed by atoms with van der Waals surface area (Å²) >= 11 is 6.53. The van der Waals surface area contributed by atoms with Crippen molar-refractivity contribution >= 4 is 46.3 Å². The van der Waals surface area contributed by atoms with Gasteiger partial charge in [0.05, 0.1) is 11.5 Å². The number of rotatable bonds is 5. The zero-order chi connectivity index (χ0) is 19.4. The molecule has 138 valence electrons. The van der Waals surface area contributed by atoms with Crippen molar-refractivity contribution in [2.45, 2.75) is 13.0 Å². The third-order valence-corrected chi connectivity index (χ3v) is 5.23. The van der Waals surface area contributed by atoms with Crippen LogP contribution in [0.1, 0.15) is 24.1 Å². The van der Waals surface area contributed by atoms with Crippen molar-refractivity contribution in [2.75, 3.05) is 6.61 Å². The van der Waals surface area contributed by atoms with Crippen molar-refractivity contribution < 1.29 is 19.4 Å². The number of thiocarbonyl (C=S) groups is 1. The van der Waals surface area contributed by atoms with Gasteiger partial charge in [0.15, 0.2) is 6.04 Å². The molecule has 5 nitrogen and oxygen atoms in total. The number of aromatic hydroxyl groups is 1. The number of hydrogen-bond donors (Lipinski definition) is 1. The van der Waals surface area contributed by atoms with Crippen LogP contribution >= 0.6 is 24.0 Å². The molecule has 1 fully saturated rings. The lowest BCUT2D eigenvalue weighted by Crippen LogP contribution is -2.38. The van der Waals surface area contributed by atoms with E-state index in [1.807, 2.05) is 6.07 Å². The molecular weight excluding hydrogens is 382 g/mol. The molecule has 2 aromatic carbocycles. The number of carbonyl (C=O) groups excluding carboxylic acids is 2. The van der Waals surface area contributed by atoms with Gasteiger partial charge in [0.2, 0.25) is 0 Å². The van der Waals surface area contributed by atoms with E-state index >= 15 is 0 Å². The molecule has 1 unspecified atom stereocenters. The lowest BCUT2D eigenvalue weighted by Gasteiger charge is -2.25. The summed E-state index contributed by atoms with van der Waals surface area (Å²) in [5, 5.41) is 9.39. The topological polar surface area (TPSA) is 66.8 Å². The number of thioether (sulfide) groups is 1. The quantitative estimate of drug-likeness (QED) is 0.467. The van der Waals surface area contributed by atoms with E-state index in [4.69, 9.17) is 17.0 Å². The maximum Gasteiger partial charge on any atom is 0.333 e. The highest BCUT2D eigenvalue weighted by molar-refractivity contribution is 8.26.